The number of nitrogens with zero attached hydrogens (tertiary/aromatic N) is 1. The van der Waals surface area contributed by atoms with E-state index >= 15 is 0 Å². The van der Waals surface area contributed by atoms with E-state index in [0.29, 0.717) is 13.0 Å². The number of amides is 2. The fraction of sp³-hybridized carbons (Fsp3) is 0.857. The number of nitrogens with one attached hydrogen (secondary N) is 2. The van der Waals surface area contributed by atoms with Crippen molar-refractivity contribution in [3.8, 4) is 0 Å². The Morgan fingerprint density at radius 1 is 1.15 bits per heavy atom. The molecule has 0 bridgehead atoms. The molecule has 0 aromatic heterocycles. The van der Waals surface area contributed by atoms with E-state index in [9.17, 15) is 9.59 Å². The minimum absolute atomic E-state index is 0.00311. The van der Waals surface area contributed by atoms with Crippen molar-refractivity contribution in [2.24, 2.45) is 5.92 Å². The zero-order valence-corrected chi connectivity index (χ0v) is 11.9. The zero-order chi connectivity index (χ0) is 14.4. The largest absolute Gasteiger partial charge is 0.481 e. The second-order valence-corrected chi connectivity index (χ2v) is 5.85. The van der Waals surface area contributed by atoms with Crippen molar-refractivity contribution >= 4 is 12.0 Å². The lowest BCUT2D eigenvalue weighted by atomic mass is 9.86. The van der Waals surface area contributed by atoms with Gasteiger partial charge in [-0.25, -0.2) is 4.79 Å². The van der Waals surface area contributed by atoms with Gasteiger partial charge in [-0.3, -0.25) is 4.79 Å². The van der Waals surface area contributed by atoms with Gasteiger partial charge in [-0.2, -0.15) is 0 Å². The SMILES string of the molecule is O=C(NCCN1CCCC1)NC1CCCC(C(=O)O)C1. The molecule has 2 rings (SSSR count). The van der Waals surface area contributed by atoms with Gasteiger partial charge in [-0.05, 0) is 45.2 Å². The summed E-state index contributed by atoms with van der Waals surface area (Å²) in [4.78, 5) is 25.1. The number of aliphatic carboxylic acids is 1. The Kier molecular flexibility index (Phi) is 5.64. The summed E-state index contributed by atoms with van der Waals surface area (Å²) >= 11 is 0. The number of carbonyl (C=O) groups is 2. The maximum atomic E-state index is 11.8. The van der Waals surface area contributed by atoms with Gasteiger partial charge in [0.15, 0.2) is 0 Å². The molecule has 0 radical (unpaired) electrons. The molecular weight excluding hydrogens is 258 g/mol. The number of hydrogen-bond donors (Lipinski definition) is 3. The van der Waals surface area contributed by atoms with E-state index in [4.69, 9.17) is 5.11 Å². The monoisotopic (exact) mass is 283 g/mol. The van der Waals surface area contributed by atoms with E-state index in [2.05, 4.69) is 15.5 Å². The fourth-order valence-corrected chi connectivity index (χ4v) is 3.12. The van der Waals surface area contributed by atoms with E-state index in [1.165, 1.54) is 12.8 Å². The molecule has 1 saturated carbocycles. The van der Waals surface area contributed by atoms with Crippen LogP contribution in [0.25, 0.3) is 0 Å². The second-order valence-electron chi connectivity index (χ2n) is 5.85. The number of carbonyl (C=O) groups excluding carboxylic acids is 1. The number of carboxylic acids is 1. The van der Waals surface area contributed by atoms with Crippen molar-refractivity contribution in [2.75, 3.05) is 26.2 Å². The van der Waals surface area contributed by atoms with E-state index < -0.39 is 5.97 Å². The number of likely N-dealkylation sites (tertiary alicyclic amines) is 1. The highest BCUT2D eigenvalue weighted by atomic mass is 16.4. The Morgan fingerprint density at radius 3 is 2.60 bits per heavy atom. The van der Waals surface area contributed by atoms with Crippen LogP contribution in [0.4, 0.5) is 4.79 Å². The summed E-state index contributed by atoms with van der Waals surface area (Å²) < 4.78 is 0. The maximum absolute atomic E-state index is 11.8. The first-order valence-corrected chi connectivity index (χ1v) is 7.64. The van der Waals surface area contributed by atoms with Crippen LogP contribution in [0.15, 0.2) is 0 Å². The van der Waals surface area contributed by atoms with Gasteiger partial charge in [0.1, 0.15) is 0 Å². The molecule has 1 saturated heterocycles. The van der Waals surface area contributed by atoms with Crippen molar-refractivity contribution in [3.05, 3.63) is 0 Å². The molecule has 2 atom stereocenters. The van der Waals surface area contributed by atoms with Crippen LogP contribution in [-0.2, 0) is 4.79 Å². The summed E-state index contributed by atoms with van der Waals surface area (Å²) in [7, 11) is 0. The van der Waals surface area contributed by atoms with Crippen LogP contribution in [0.2, 0.25) is 0 Å². The summed E-state index contributed by atoms with van der Waals surface area (Å²) in [6.07, 6.45) is 5.54. The Bertz CT molecular complexity index is 343. The van der Waals surface area contributed by atoms with Gasteiger partial charge in [0, 0.05) is 19.1 Å². The molecule has 3 N–H and O–H groups in total. The summed E-state index contributed by atoms with van der Waals surface area (Å²) in [6, 6.07) is -0.170. The highest BCUT2D eigenvalue weighted by Crippen LogP contribution is 2.24. The molecule has 6 heteroatoms. The Morgan fingerprint density at radius 2 is 1.90 bits per heavy atom. The average Bonchev–Trinajstić information content (AvgIpc) is 2.92. The third kappa shape index (κ3) is 4.67. The number of hydrogen-bond acceptors (Lipinski definition) is 3. The predicted octanol–water partition coefficient (Wildman–Crippen LogP) is 1.02. The minimum atomic E-state index is -0.744. The molecule has 0 spiro atoms. The van der Waals surface area contributed by atoms with Crippen LogP contribution in [-0.4, -0.2) is 54.2 Å². The van der Waals surface area contributed by atoms with E-state index in [1.54, 1.807) is 0 Å². The van der Waals surface area contributed by atoms with Crippen molar-refractivity contribution in [1.29, 1.82) is 0 Å². The molecule has 1 aliphatic heterocycles. The Labute approximate surface area is 119 Å². The summed E-state index contributed by atoms with van der Waals surface area (Å²) in [6.45, 7) is 3.81. The molecular formula is C14H25N3O3. The first kappa shape index (κ1) is 15.1. The average molecular weight is 283 g/mol. The van der Waals surface area contributed by atoms with Crippen LogP contribution in [0.3, 0.4) is 0 Å². The normalized spacial score (nSPS) is 27.2. The summed E-state index contributed by atoms with van der Waals surface area (Å²) in [5.74, 6) is -1.05. The fourth-order valence-electron chi connectivity index (χ4n) is 3.12. The summed E-state index contributed by atoms with van der Waals surface area (Å²) in [5, 5.41) is 14.8. The van der Waals surface area contributed by atoms with Gasteiger partial charge >= 0.3 is 12.0 Å². The number of carboxylic acid groups (broad SMARTS) is 1. The molecule has 2 fully saturated rings. The highest BCUT2D eigenvalue weighted by molar-refractivity contribution is 5.74. The van der Waals surface area contributed by atoms with E-state index in [1.807, 2.05) is 0 Å². The van der Waals surface area contributed by atoms with Gasteiger partial charge in [-0.1, -0.05) is 6.42 Å². The predicted molar refractivity (Wildman–Crippen MR) is 75.6 cm³/mol. The van der Waals surface area contributed by atoms with Crippen LogP contribution in [0.5, 0.6) is 0 Å². The number of rotatable bonds is 5. The molecule has 6 nitrogen and oxygen atoms in total. The molecule has 20 heavy (non-hydrogen) atoms. The topological polar surface area (TPSA) is 81.7 Å². The lowest BCUT2D eigenvalue weighted by Gasteiger charge is -2.27. The molecule has 2 amide bonds. The lowest BCUT2D eigenvalue weighted by molar-refractivity contribution is -0.143. The molecule has 0 aromatic carbocycles. The van der Waals surface area contributed by atoms with E-state index in [-0.39, 0.29) is 18.0 Å². The second kappa shape index (κ2) is 7.47. The number of urea groups is 1. The summed E-state index contributed by atoms with van der Waals surface area (Å²) in [5.41, 5.74) is 0. The van der Waals surface area contributed by atoms with Gasteiger partial charge in [-0.15, -0.1) is 0 Å². The third-order valence-corrected chi connectivity index (χ3v) is 4.27. The molecule has 0 aromatic rings. The van der Waals surface area contributed by atoms with E-state index in [0.717, 1.165) is 38.9 Å². The molecule has 1 heterocycles. The third-order valence-electron chi connectivity index (χ3n) is 4.27. The standard InChI is InChI=1S/C14H25N3O3/c18-13(19)11-4-3-5-12(10-11)16-14(20)15-6-9-17-7-1-2-8-17/h11-12H,1-10H2,(H,18,19)(H2,15,16,20). The quantitative estimate of drug-likeness (QED) is 0.704. The molecule has 2 unspecified atom stereocenters. The van der Waals surface area contributed by atoms with Gasteiger partial charge in [0.25, 0.3) is 0 Å². The first-order chi connectivity index (χ1) is 9.65. The van der Waals surface area contributed by atoms with Crippen LogP contribution in [0, 0.1) is 5.92 Å². The molecule has 114 valence electrons. The highest BCUT2D eigenvalue weighted by Gasteiger charge is 2.27. The van der Waals surface area contributed by atoms with Crippen molar-refractivity contribution in [1.82, 2.24) is 15.5 Å². The van der Waals surface area contributed by atoms with Crippen LogP contribution >= 0.6 is 0 Å². The van der Waals surface area contributed by atoms with Crippen molar-refractivity contribution in [2.45, 2.75) is 44.6 Å². The van der Waals surface area contributed by atoms with Crippen molar-refractivity contribution in [3.63, 3.8) is 0 Å². The molecule has 2 aliphatic rings. The van der Waals surface area contributed by atoms with Crippen LogP contribution < -0.4 is 10.6 Å². The first-order valence-electron chi connectivity index (χ1n) is 7.64. The van der Waals surface area contributed by atoms with Gasteiger partial charge < -0.3 is 20.6 Å². The zero-order valence-electron chi connectivity index (χ0n) is 11.9. The van der Waals surface area contributed by atoms with Gasteiger partial charge in [0.2, 0.25) is 0 Å². The van der Waals surface area contributed by atoms with Crippen molar-refractivity contribution < 1.29 is 14.7 Å². The maximum Gasteiger partial charge on any atom is 0.315 e. The lowest BCUT2D eigenvalue weighted by Crippen LogP contribution is -2.46. The Hall–Kier alpha value is -1.30. The van der Waals surface area contributed by atoms with Crippen LogP contribution in [0.1, 0.15) is 38.5 Å². The van der Waals surface area contributed by atoms with Gasteiger partial charge in [0.05, 0.1) is 5.92 Å². The smallest absolute Gasteiger partial charge is 0.315 e. The minimum Gasteiger partial charge on any atom is -0.481 e. The molecule has 1 aliphatic carbocycles. The Balaban J connectivity index is 1.62.